The maximum atomic E-state index is 5.36. The van der Waals surface area contributed by atoms with E-state index in [0.717, 1.165) is 11.6 Å². The largest absolute Gasteiger partial charge is 0.399 e. The van der Waals surface area contributed by atoms with E-state index in [1.54, 1.807) is 11.3 Å². The van der Waals surface area contributed by atoms with Gasteiger partial charge in [0, 0.05) is 12.1 Å². The highest BCUT2D eigenvalue weighted by Gasteiger charge is 2.18. The Hall–Kier alpha value is -1.42. The Balaban J connectivity index is 0.000000136. The second-order valence-electron chi connectivity index (χ2n) is 4.24. The lowest BCUT2D eigenvalue weighted by Crippen LogP contribution is -2.13. The Morgan fingerprint density at radius 3 is 2.41 bits per heavy atom. The van der Waals surface area contributed by atoms with Crippen LogP contribution >= 0.6 is 11.3 Å². The Bertz CT molecular complexity index is 409. The number of para-hydroxylation sites is 1. The van der Waals surface area contributed by atoms with E-state index in [4.69, 9.17) is 5.73 Å². The average Bonchev–Trinajstić information content (AvgIpc) is 2.78. The van der Waals surface area contributed by atoms with E-state index in [9.17, 15) is 0 Å². The standard InChI is InChI=1S/C7H10N2S.C6H7N/c1-2-6(3-1)4-7-9-8-5-10-7;7-6-4-2-1-3-5-6/h5-6H,1-4H2;1-5H,7H2. The van der Waals surface area contributed by atoms with Crippen LogP contribution in [-0.2, 0) is 6.42 Å². The number of aromatic nitrogens is 2. The lowest BCUT2D eigenvalue weighted by Gasteiger charge is -2.23. The van der Waals surface area contributed by atoms with Crippen molar-refractivity contribution in [1.82, 2.24) is 10.2 Å². The number of nitrogens with zero attached hydrogens (tertiary/aromatic N) is 2. The second-order valence-corrected chi connectivity index (χ2v) is 5.16. The normalized spacial score (nSPS) is 14.6. The highest BCUT2D eigenvalue weighted by molar-refractivity contribution is 7.09. The van der Waals surface area contributed by atoms with E-state index >= 15 is 0 Å². The number of rotatable bonds is 2. The van der Waals surface area contributed by atoms with E-state index in [2.05, 4.69) is 10.2 Å². The summed E-state index contributed by atoms with van der Waals surface area (Å²) in [6.45, 7) is 0. The van der Waals surface area contributed by atoms with E-state index in [-0.39, 0.29) is 0 Å². The van der Waals surface area contributed by atoms with E-state index in [1.165, 1.54) is 30.7 Å². The summed E-state index contributed by atoms with van der Waals surface area (Å²) in [6.07, 6.45) is 5.40. The summed E-state index contributed by atoms with van der Waals surface area (Å²) >= 11 is 1.68. The zero-order valence-electron chi connectivity index (χ0n) is 9.75. The van der Waals surface area contributed by atoms with Gasteiger partial charge in [-0.15, -0.1) is 21.5 Å². The first-order valence-corrected chi connectivity index (χ1v) is 6.78. The van der Waals surface area contributed by atoms with Crippen molar-refractivity contribution in [3.8, 4) is 0 Å². The highest BCUT2D eigenvalue weighted by Crippen LogP contribution is 2.29. The third kappa shape index (κ3) is 4.15. The van der Waals surface area contributed by atoms with Crippen LogP contribution in [0.15, 0.2) is 35.8 Å². The number of anilines is 1. The van der Waals surface area contributed by atoms with E-state index in [0.29, 0.717) is 0 Å². The van der Waals surface area contributed by atoms with Gasteiger partial charge < -0.3 is 5.73 Å². The van der Waals surface area contributed by atoms with Crippen molar-refractivity contribution in [3.63, 3.8) is 0 Å². The average molecular weight is 247 g/mol. The molecule has 0 unspecified atom stereocenters. The van der Waals surface area contributed by atoms with Crippen LogP contribution in [-0.4, -0.2) is 10.2 Å². The summed E-state index contributed by atoms with van der Waals surface area (Å²) in [5, 5.41) is 9.02. The lowest BCUT2D eigenvalue weighted by molar-refractivity contribution is 0.313. The first kappa shape index (κ1) is 12.0. The van der Waals surface area contributed by atoms with Gasteiger partial charge in [0.2, 0.25) is 0 Å². The fraction of sp³-hybridized carbons (Fsp3) is 0.385. The molecule has 90 valence electrons. The van der Waals surface area contributed by atoms with Crippen LogP contribution in [0.4, 0.5) is 5.69 Å². The van der Waals surface area contributed by atoms with Crippen molar-refractivity contribution in [3.05, 3.63) is 40.8 Å². The van der Waals surface area contributed by atoms with E-state index < -0.39 is 0 Å². The summed E-state index contributed by atoms with van der Waals surface area (Å²) in [5.41, 5.74) is 7.99. The Labute approximate surface area is 106 Å². The zero-order chi connectivity index (χ0) is 11.9. The highest BCUT2D eigenvalue weighted by atomic mass is 32.1. The number of hydrogen-bond acceptors (Lipinski definition) is 4. The van der Waals surface area contributed by atoms with Gasteiger partial charge in [-0.05, 0) is 18.1 Å². The third-order valence-electron chi connectivity index (χ3n) is 2.89. The van der Waals surface area contributed by atoms with Crippen molar-refractivity contribution in [2.75, 3.05) is 5.73 Å². The summed E-state index contributed by atoms with van der Waals surface area (Å²) < 4.78 is 0. The van der Waals surface area contributed by atoms with Gasteiger partial charge in [-0.3, -0.25) is 0 Å². The minimum Gasteiger partial charge on any atom is -0.399 e. The molecule has 1 aliphatic rings. The van der Waals surface area contributed by atoms with Gasteiger partial charge in [-0.2, -0.15) is 0 Å². The maximum absolute atomic E-state index is 5.36. The molecule has 3 nitrogen and oxygen atoms in total. The number of hydrogen-bond donors (Lipinski definition) is 1. The number of nitrogens with two attached hydrogens (primary N) is 1. The molecule has 0 radical (unpaired) electrons. The quantitative estimate of drug-likeness (QED) is 0.829. The van der Waals surface area contributed by atoms with Crippen LogP contribution in [0.25, 0.3) is 0 Å². The first-order valence-electron chi connectivity index (χ1n) is 5.90. The van der Waals surface area contributed by atoms with Gasteiger partial charge in [0.05, 0.1) is 0 Å². The van der Waals surface area contributed by atoms with Gasteiger partial charge in [0.15, 0.2) is 0 Å². The van der Waals surface area contributed by atoms with Gasteiger partial charge in [-0.25, -0.2) is 0 Å². The van der Waals surface area contributed by atoms with Crippen LogP contribution in [0.3, 0.4) is 0 Å². The third-order valence-corrected chi connectivity index (χ3v) is 3.61. The van der Waals surface area contributed by atoms with Crippen molar-refractivity contribution in [1.29, 1.82) is 0 Å². The molecule has 3 rings (SSSR count). The summed E-state index contributed by atoms with van der Waals surface area (Å²) in [4.78, 5) is 0. The molecule has 17 heavy (non-hydrogen) atoms. The SMILES string of the molecule is Nc1ccccc1.c1nnc(CC2CCC2)s1. The van der Waals surface area contributed by atoms with Crippen LogP contribution in [0, 0.1) is 5.92 Å². The first-order chi connectivity index (χ1) is 8.34. The predicted molar refractivity (Wildman–Crippen MR) is 71.8 cm³/mol. The molecule has 4 heteroatoms. The fourth-order valence-electron chi connectivity index (χ4n) is 1.68. The maximum Gasteiger partial charge on any atom is 0.117 e. The Morgan fingerprint density at radius 2 is 2.00 bits per heavy atom. The summed E-state index contributed by atoms with van der Waals surface area (Å²) in [6, 6.07) is 9.49. The minimum absolute atomic E-state index is 0.822. The van der Waals surface area contributed by atoms with Gasteiger partial charge in [0.1, 0.15) is 10.5 Å². The molecule has 0 saturated heterocycles. The van der Waals surface area contributed by atoms with Crippen molar-refractivity contribution in [2.45, 2.75) is 25.7 Å². The molecule has 0 spiro atoms. The molecule has 1 aliphatic carbocycles. The predicted octanol–water partition coefficient (Wildman–Crippen LogP) is 3.15. The molecule has 2 aromatic rings. The minimum atomic E-state index is 0.822. The Kier molecular flexibility index (Phi) is 4.50. The van der Waals surface area contributed by atoms with Crippen LogP contribution in [0.1, 0.15) is 24.3 Å². The van der Waals surface area contributed by atoms with Gasteiger partial charge in [-0.1, -0.05) is 37.5 Å². The van der Waals surface area contributed by atoms with Crippen LogP contribution in [0.5, 0.6) is 0 Å². The van der Waals surface area contributed by atoms with Gasteiger partial charge in [0.25, 0.3) is 0 Å². The smallest absolute Gasteiger partial charge is 0.117 e. The molecule has 1 aromatic heterocycles. The van der Waals surface area contributed by atoms with Crippen LogP contribution < -0.4 is 5.73 Å². The number of benzene rings is 1. The van der Waals surface area contributed by atoms with Crippen molar-refractivity contribution < 1.29 is 0 Å². The second kappa shape index (κ2) is 6.35. The topological polar surface area (TPSA) is 51.8 Å². The molecule has 0 amide bonds. The molecule has 1 fully saturated rings. The van der Waals surface area contributed by atoms with Gasteiger partial charge >= 0.3 is 0 Å². The summed E-state index contributed by atoms with van der Waals surface area (Å²) in [7, 11) is 0. The molecule has 0 atom stereocenters. The molecule has 1 saturated carbocycles. The molecular weight excluding hydrogens is 230 g/mol. The lowest BCUT2D eigenvalue weighted by atomic mass is 9.83. The zero-order valence-corrected chi connectivity index (χ0v) is 10.6. The van der Waals surface area contributed by atoms with E-state index in [1.807, 2.05) is 35.8 Å². The molecule has 1 aromatic carbocycles. The Morgan fingerprint density at radius 1 is 1.24 bits per heavy atom. The summed E-state index contributed by atoms with van der Waals surface area (Å²) in [5.74, 6) is 0.924. The molecule has 0 aliphatic heterocycles. The fourth-order valence-corrected chi connectivity index (χ4v) is 2.32. The monoisotopic (exact) mass is 247 g/mol. The number of nitrogen functional groups attached to an aromatic ring is 1. The van der Waals surface area contributed by atoms with Crippen molar-refractivity contribution in [2.24, 2.45) is 5.92 Å². The molecule has 1 heterocycles. The molecular formula is C13H17N3S. The van der Waals surface area contributed by atoms with Crippen molar-refractivity contribution >= 4 is 17.0 Å². The molecule has 2 N–H and O–H groups in total. The van der Waals surface area contributed by atoms with Crippen LogP contribution in [0.2, 0.25) is 0 Å². The molecule has 0 bridgehead atoms.